The van der Waals surface area contributed by atoms with E-state index < -0.39 is 44.4 Å². The second-order valence-corrected chi connectivity index (χ2v) is 13.3. The van der Waals surface area contributed by atoms with Crippen LogP contribution in [-0.4, -0.2) is 25.6 Å². The van der Waals surface area contributed by atoms with Crippen LogP contribution in [0, 0.1) is 17.1 Å². The third-order valence-corrected chi connectivity index (χ3v) is 8.71. The van der Waals surface area contributed by atoms with Crippen molar-refractivity contribution in [3.05, 3.63) is 20.5 Å². The number of alkyl halides is 3. The molecule has 0 aliphatic carbocycles. The number of hydrogen-bond donors (Lipinski definition) is 1. The van der Waals surface area contributed by atoms with Gasteiger partial charge in [0.15, 0.2) is 0 Å². The molecule has 0 amide bonds. The highest BCUT2D eigenvalue weighted by atomic mass is 79.9. The summed E-state index contributed by atoms with van der Waals surface area (Å²) in [7, 11) is -1.60. The van der Waals surface area contributed by atoms with Gasteiger partial charge in [0.05, 0.1) is 42.4 Å². The van der Waals surface area contributed by atoms with Crippen LogP contribution in [0.4, 0.5) is 17.6 Å². The first-order valence-corrected chi connectivity index (χ1v) is 11.5. The summed E-state index contributed by atoms with van der Waals surface area (Å²) in [5.41, 5.74) is -1.23. The van der Waals surface area contributed by atoms with Crippen molar-refractivity contribution < 1.29 is 21.8 Å². The SMILES string of the molecule is CC(C#N)(CC(F)(F)F)SC[C@](C)(N[S@](=O)C(C)(C)C)c1sc(Br)cc1F. The summed E-state index contributed by atoms with van der Waals surface area (Å²) in [4.78, 5) is 0.215. The van der Waals surface area contributed by atoms with Gasteiger partial charge in [0.2, 0.25) is 0 Å². The number of rotatable bonds is 7. The van der Waals surface area contributed by atoms with Crippen molar-refractivity contribution in [3.63, 3.8) is 0 Å². The van der Waals surface area contributed by atoms with Crippen molar-refractivity contribution in [3.8, 4) is 6.07 Å². The highest BCUT2D eigenvalue weighted by molar-refractivity contribution is 9.11. The van der Waals surface area contributed by atoms with E-state index in [0.717, 1.165) is 23.1 Å². The van der Waals surface area contributed by atoms with Gasteiger partial charge in [-0.3, -0.25) is 0 Å². The maximum atomic E-state index is 14.4. The van der Waals surface area contributed by atoms with Crippen LogP contribution in [-0.2, 0) is 16.5 Å². The molecular weight excluding hydrogens is 488 g/mol. The molecule has 1 aromatic rings. The Bertz CT molecular complexity index is 741. The van der Waals surface area contributed by atoms with Crippen LogP contribution >= 0.6 is 39.0 Å². The number of nitrogens with zero attached hydrogens (tertiary/aromatic N) is 1. The fourth-order valence-corrected chi connectivity index (χ4v) is 5.86. The molecule has 1 rings (SSSR count). The molecule has 0 saturated heterocycles. The topological polar surface area (TPSA) is 52.9 Å². The Morgan fingerprint density at radius 1 is 1.30 bits per heavy atom. The lowest BCUT2D eigenvalue weighted by atomic mass is 10.0. The van der Waals surface area contributed by atoms with E-state index in [1.165, 1.54) is 13.0 Å². The van der Waals surface area contributed by atoms with E-state index in [-0.39, 0.29) is 10.6 Å². The molecule has 0 bridgehead atoms. The minimum absolute atomic E-state index is 0.0706. The van der Waals surface area contributed by atoms with Crippen LogP contribution < -0.4 is 4.72 Å². The van der Waals surface area contributed by atoms with E-state index in [0.29, 0.717) is 3.79 Å². The molecule has 11 heteroatoms. The van der Waals surface area contributed by atoms with Crippen LogP contribution in [0.2, 0.25) is 0 Å². The fraction of sp³-hybridized carbons (Fsp3) is 0.688. The molecule has 0 radical (unpaired) electrons. The van der Waals surface area contributed by atoms with Gasteiger partial charge in [0.25, 0.3) is 0 Å². The number of thioether (sulfide) groups is 1. The summed E-state index contributed by atoms with van der Waals surface area (Å²) in [5, 5.41) is 9.26. The highest BCUT2D eigenvalue weighted by Crippen LogP contribution is 2.42. The van der Waals surface area contributed by atoms with Gasteiger partial charge in [0.1, 0.15) is 10.6 Å². The van der Waals surface area contributed by atoms with Gasteiger partial charge in [-0.1, -0.05) is 0 Å². The van der Waals surface area contributed by atoms with Gasteiger partial charge in [-0.2, -0.15) is 18.4 Å². The molecule has 1 unspecified atom stereocenters. The number of thiophene rings is 1. The van der Waals surface area contributed by atoms with Gasteiger partial charge in [0, 0.05) is 5.75 Å². The first-order valence-electron chi connectivity index (χ1n) is 7.78. The van der Waals surface area contributed by atoms with Crippen LogP contribution in [0.25, 0.3) is 0 Å². The largest absolute Gasteiger partial charge is 0.391 e. The second-order valence-electron chi connectivity index (χ2n) is 7.47. The lowest BCUT2D eigenvalue weighted by molar-refractivity contribution is -0.136. The van der Waals surface area contributed by atoms with E-state index >= 15 is 0 Å². The normalized spacial score (nSPS) is 18.4. The van der Waals surface area contributed by atoms with E-state index in [1.807, 2.05) is 0 Å². The Labute approximate surface area is 176 Å². The molecule has 1 N–H and O–H groups in total. The Morgan fingerprint density at radius 2 is 1.85 bits per heavy atom. The zero-order valence-corrected chi connectivity index (χ0v) is 19.5. The maximum Gasteiger partial charge on any atom is 0.391 e. The average Bonchev–Trinajstić information content (AvgIpc) is 2.82. The second kappa shape index (κ2) is 8.69. The van der Waals surface area contributed by atoms with Crippen molar-refractivity contribution in [2.75, 3.05) is 5.75 Å². The van der Waals surface area contributed by atoms with Gasteiger partial charge in [-0.15, -0.1) is 23.1 Å². The third kappa shape index (κ3) is 7.31. The smallest absolute Gasteiger partial charge is 0.242 e. The van der Waals surface area contributed by atoms with Crippen LogP contribution in [0.5, 0.6) is 0 Å². The molecule has 0 aliphatic heterocycles. The van der Waals surface area contributed by atoms with Gasteiger partial charge < -0.3 is 0 Å². The number of nitrogens with one attached hydrogen (secondary N) is 1. The molecule has 154 valence electrons. The minimum atomic E-state index is -4.51. The monoisotopic (exact) mass is 508 g/mol. The molecule has 0 fully saturated rings. The van der Waals surface area contributed by atoms with Gasteiger partial charge in [-0.05, 0) is 56.6 Å². The lowest BCUT2D eigenvalue weighted by Gasteiger charge is -2.34. The summed E-state index contributed by atoms with van der Waals surface area (Å²) in [6.45, 7) is 7.97. The highest BCUT2D eigenvalue weighted by Gasteiger charge is 2.43. The zero-order chi connectivity index (χ0) is 21.3. The van der Waals surface area contributed by atoms with Crippen LogP contribution in [0.3, 0.4) is 0 Å². The Kier molecular flexibility index (Phi) is 8.01. The van der Waals surface area contributed by atoms with Crippen molar-refractivity contribution in [2.45, 2.75) is 62.2 Å². The third-order valence-electron chi connectivity index (χ3n) is 3.49. The molecule has 0 aliphatic rings. The van der Waals surface area contributed by atoms with Crippen molar-refractivity contribution >= 4 is 50.0 Å². The Morgan fingerprint density at radius 3 is 2.22 bits per heavy atom. The summed E-state index contributed by atoms with van der Waals surface area (Å²) >= 11 is 5.03. The summed E-state index contributed by atoms with van der Waals surface area (Å²) in [6.07, 6.45) is -5.80. The van der Waals surface area contributed by atoms with E-state index in [2.05, 4.69) is 20.7 Å². The Balaban J connectivity index is 3.21. The predicted octanol–water partition coefficient (Wildman–Crippen LogP) is 5.88. The standard InChI is InChI=1S/C16H21BrF4N2OS3/c1-13(2,3)27(24)23-15(5,12-10(18)6-11(17)26-12)9-25-14(4,8-22)7-16(19,20)21/h6,23H,7,9H2,1-5H3/t14?,15-,27+/m0/s1. The average molecular weight is 509 g/mol. The summed E-state index contributed by atoms with van der Waals surface area (Å²) < 4.78 is 66.5. The van der Waals surface area contributed by atoms with Gasteiger partial charge >= 0.3 is 6.18 Å². The van der Waals surface area contributed by atoms with Gasteiger partial charge in [-0.25, -0.2) is 13.3 Å². The predicted molar refractivity (Wildman–Crippen MR) is 108 cm³/mol. The minimum Gasteiger partial charge on any atom is -0.242 e. The molecule has 27 heavy (non-hydrogen) atoms. The number of halogens is 5. The lowest BCUT2D eigenvalue weighted by Crippen LogP contribution is -2.48. The summed E-state index contributed by atoms with van der Waals surface area (Å²) in [5.74, 6) is -0.624. The number of nitriles is 1. The van der Waals surface area contributed by atoms with Crippen molar-refractivity contribution in [1.29, 1.82) is 5.26 Å². The molecule has 3 atom stereocenters. The molecule has 3 nitrogen and oxygen atoms in total. The fourth-order valence-electron chi connectivity index (χ4n) is 2.03. The quantitative estimate of drug-likeness (QED) is 0.467. The molecule has 1 aromatic heterocycles. The molecule has 0 saturated carbocycles. The van der Waals surface area contributed by atoms with Crippen LogP contribution in [0.15, 0.2) is 9.85 Å². The van der Waals surface area contributed by atoms with Crippen molar-refractivity contribution in [1.82, 2.24) is 4.72 Å². The first kappa shape index (κ1) is 24.9. The first-order chi connectivity index (χ1) is 12.0. The molecule has 1 heterocycles. The van der Waals surface area contributed by atoms with Crippen LogP contribution in [0.1, 0.15) is 45.9 Å². The number of hydrogen-bond acceptors (Lipinski definition) is 4. The van der Waals surface area contributed by atoms with E-state index in [4.69, 9.17) is 0 Å². The Hall–Kier alpha value is -0.150. The molecule has 0 spiro atoms. The molecule has 0 aromatic carbocycles. The molecular formula is C16H21BrF4N2OS3. The van der Waals surface area contributed by atoms with E-state index in [9.17, 15) is 27.0 Å². The zero-order valence-electron chi connectivity index (χ0n) is 15.5. The van der Waals surface area contributed by atoms with Crippen molar-refractivity contribution in [2.24, 2.45) is 0 Å². The summed E-state index contributed by atoms with van der Waals surface area (Å²) in [6, 6.07) is 2.96. The van der Waals surface area contributed by atoms with E-state index in [1.54, 1.807) is 33.8 Å². The maximum absolute atomic E-state index is 14.4.